The molecule has 0 unspecified atom stereocenters. The first kappa shape index (κ1) is 21.8. The predicted octanol–water partition coefficient (Wildman–Crippen LogP) is 5.15. The van der Waals surface area contributed by atoms with Crippen LogP contribution in [0.5, 0.6) is 0 Å². The SMILES string of the molecule is CCCCOCCN(CCOCCCC)c1cccc(C(F)(F)F)c1. The zero-order chi connectivity index (χ0) is 18.5. The van der Waals surface area contributed by atoms with Gasteiger partial charge in [-0.15, -0.1) is 0 Å². The Morgan fingerprint density at radius 3 is 1.92 bits per heavy atom. The molecule has 0 saturated carbocycles. The number of halogens is 3. The Labute approximate surface area is 149 Å². The van der Waals surface area contributed by atoms with E-state index in [-0.39, 0.29) is 0 Å². The Morgan fingerprint density at radius 2 is 1.44 bits per heavy atom. The highest BCUT2D eigenvalue weighted by molar-refractivity contribution is 5.49. The van der Waals surface area contributed by atoms with Crippen LogP contribution in [0.15, 0.2) is 24.3 Å². The van der Waals surface area contributed by atoms with Crippen LogP contribution in [0.4, 0.5) is 18.9 Å². The molecule has 0 amide bonds. The second-order valence-corrected chi connectivity index (χ2v) is 5.97. The van der Waals surface area contributed by atoms with Gasteiger partial charge in [0.25, 0.3) is 0 Å². The molecule has 144 valence electrons. The van der Waals surface area contributed by atoms with E-state index in [1.165, 1.54) is 12.1 Å². The molecule has 1 aromatic rings. The molecule has 0 atom stereocenters. The Balaban J connectivity index is 2.65. The number of hydrogen-bond donors (Lipinski definition) is 0. The van der Waals surface area contributed by atoms with Crippen LogP contribution >= 0.6 is 0 Å². The van der Waals surface area contributed by atoms with Crippen LogP contribution in [0.1, 0.15) is 45.1 Å². The third-order valence-electron chi connectivity index (χ3n) is 3.83. The minimum Gasteiger partial charge on any atom is -0.380 e. The van der Waals surface area contributed by atoms with E-state index in [2.05, 4.69) is 13.8 Å². The van der Waals surface area contributed by atoms with Gasteiger partial charge in [-0.1, -0.05) is 32.8 Å². The third-order valence-corrected chi connectivity index (χ3v) is 3.83. The van der Waals surface area contributed by atoms with E-state index in [1.807, 2.05) is 4.90 Å². The molecular weight excluding hydrogens is 331 g/mol. The van der Waals surface area contributed by atoms with Gasteiger partial charge in [0, 0.05) is 32.0 Å². The number of nitrogens with zero attached hydrogens (tertiary/aromatic N) is 1. The zero-order valence-electron chi connectivity index (χ0n) is 15.3. The van der Waals surface area contributed by atoms with Gasteiger partial charge in [-0.2, -0.15) is 13.2 Å². The maximum absolute atomic E-state index is 12.9. The normalized spacial score (nSPS) is 11.7. The van der Waals surface area contributed by atoms with Crippen molar-refractivity contribution < 1.29 is 22.6 Å². The Kier molecular flexibility index (Phi) is 10.6. The van der Waals surface area contributed by atoms with E-state index in [0.717, 1.165) is 31.7 Å². The summed E-state index contributed by atoms with van der Waals surface area (Å²) in [6, 6.07) is 5.43. The highest BCUT2D eigenvalue weighted by Crippen LogP contribution is 2.31. The lowest BCUT2D eigenvalue weighted by atomic mass is 10.2. The van der Waals surface area contributed by atoms with Crippen LogP contribution in [0.3, 0.4) is 0 Å². The van der Waals surface area contributed by atoms with E-state index in [1.54, 1.807) is 6.07 Å². The first-order valence-electron chi connectivity index (χ1n) is 9.06. The van der Waals surface area contributed by atoms with E-state index >= 15 is 0 Å². The molecule has 0 N–H and O–H groups in total. The van der Waals surface area contributed by atoms with Gasteiger partial charge in [0.05, 0.1) is 18.8 Å². The molecule has 0 saturated heterocycles. The summed E-state index contributed by atoms with van der Waals surface area (Å²) in [6.45, 7) is 7.61. The predicted molar refractivity (Wildman–Crippen MR) is 95.1 cm³/mol. The zero-order valence-corrected chi connectivity index (χ0v) is 15.3. The smallest absolute Gasteiger partial charge is 0.380 e. The summed E-state index contributed by atoms with van der Waals surface area (Å²) in [5.74, 6) is 0. The Morgan fingerprint density at radius 1 is 0.880 bits per heavy atom. The number of ether oxygens (including phenoxy) is 2. The van der Waals surface area contributed by atoms with E-state index in [4.69, 9.17) is 9.47 Å². The summed E-state index contributed by atoms with van der Waals surface area (Å²) in [7, 11) is 0. The van der Waals surface area contributed by atoms with Crippen molar-refractivity contribution >= 4 is 5.69 Å². The van der Waals surface area contributed by atoms with E-state index < -0.39 is 11.7 Å². The fourth-order valence-corrected chi connectivity index (χ4v) is 2.30. The lowest BCUT2D eigenvalue weighted by Gasteiger charge is -2.25. The lowest BCUT2D eigenvalue weighted by molar-refractivity contribution is -0.137. The largest absolute Gasteiger partial charge is 0.416 e. The summed E-state index contributed by atoms with van der Waals surface area (Å²) < 4.78 is 50.0. The van der Waals surface area contributed by atoms with Crippen LogP contribution in [0, 0.1) is 0 Å². The topological polar surface area (TPSA) is 21.7 Å². The molecule has 0 aliphatic heterocycles. The Hall–Kier alpha value is -1.27. The van der Waals surface area contributed by atoms with Crippen molar-refractivity contribution in [1.29, 1.82) is 0 Å². The van der Waals surface area contributed by atoms with Crippen LogP contribution in [0.2, 0.25) is 0 Å². The standard InChI is InChI=1S/C19H30F3NO2/c1-3-5-12-24-14-10-23(11-15-25-13-6-4-2)18-9-7-8-17(16-18)19(20,21)22/h7-9,16H,3-6,10-15H2,1-2H3. The highest BCUT2D eigenvalue weighted by Gasteiger charge is 2.30. The van der Waals surface area contributed by atoms with E-state index in [0.29, 0.717) is 45.2 Å². The van der Waals surface area contributed by atoms with Crippen molar-refractivity contribution in [3.05, 3.63) is 29.8 Å². The molecule has 6 heteroatoms. The molecule has 0 aliphatic rings. The summed E-state index contributed by atoms with van der Waals surface area (Å²) >= 11 is 0. The van der Waals surface area contributed by atoms with Gasteiger partial charge < -0.3 is 14.4 Å². The average Bonchev–Trinajstić information content (AvgIpc) is 2.59. The molecule has 3 nitrogen and oxygen atoms in total. The molecule has 0 aliphatic carbocycles. The molecule has 0 aromatic heterocycles. The van der Waals surface area contributed by atoms with Gasteiger partial charge in [-0.05, 0) is 31.0 Å². The number of rotatable bonds is 13. The minimum atomic E-state index is -4.34. The maximum atomic E-state index is 12.9. The second kappa shape index (κ2) is 12.1. The molecule has 0 heterocycles. The van der Waals surface area contributed by atoms with Crippen molar-refractivity contribution in [3.8, 4) is 0 Å². The van der Waals surface area contributed by atoms with Gasteiger partial charge >= 0.3 is 6.18 Å². The molecule has 1 aromatic carbocycles. The molecule has 25 heavy (non-hydrogen) atoms. The quantitative estimate of drug-likeness (QED) is 0.454. The Bertz CT molecular complexity index is 452. The van der Waals surface area contributed by atoms with Crippen molar-refractivity contribution in [1.82, 2.24) is 0 Å². The summed E-state index contributed by atoms with van der Waals surface area (Å²) in [6.07, 6.45) is -0.241. The van der Waals surface area contributed by atoms with Crippen LogP contribution < -0.4 is 4.90 Å². The molecule has 0 radical (unpaired) electrons. The monoisotopic (exact) mass is 361 g/mol. The fourth-order valence-electron chi connectivity index (χ4n) is 2.30. The van der Waals surface area contributed by atoms with Gasteiger partial charge in [0.2, 0.25) is 0 Å². The number of anilines is 1. The minimum absolute atomic E-state index is 0.491. The molecule has 0 fully saturated rings. The van der Waals surface area contributed by atoms with Gasteiger partial charge in [0.15, 0.2) is 0 Å². The fraction of sp³-hybridized carbons (Fsp3) is 0.684. The number of alkyl halides is 3. The molecular formula is C19H30F3NO2. The van der Waals surface area contributed by atoms with Crippen molar-refractivity contribution in [2.24, 2.45) is 0 Å². The first-order chi connectivity index (χ1) is 12.0. The second-order valence-electron chi connectivity index (χ2n) is 5.97. The van der Waals surface area contributed by atoms with Gasteiger partial charge in [-0.3, -0.25) is 0 Å². The number of benzene rings is 1. The van der Waals surface area contributed by atoms with Crippen LogP contribution in [-0.4, -0.2) is 39.5 Å². The summed E-state index contributed by atoms with van der Waals surface area (Å²) in [5, 5.41) is 0. The van der Waals surface area contributed by atoms with E-state index in [9.17, 15) is 13.2 Å². The lowest BCUT2D eigenvalue weighted by Crippen LogP contribution is -2.31. The summed E-state index contributed by atoms with van der Waals surface area (Å²) in [5.41, 5.74) is -0.0817. The number of unbranched alkanes of at least 4 members (excludes halogenated alkanes) is 2. The molecule has 1 rings (SSSR count). The van der Waals surface area contributed by atoms with Crippen LogP contribution in [-0.2, 0) is 15.7 Å². The van der Waals surface area contributed by atoms with Crippen molar-refractivity contribution in [2.75, 3.05) is 44.4 Å². The highest BCUT2D eigenvalue weighted by atomic mass is 19.4. The summed E-state index contributed by atoms with van der Waals surface area (Å²) in [4.78, 5) is 1.90. The van der Waals surface area contributed by atoms with Gasteiger partial charge in [-0.25, -0.2) is 0 Å². The maximum Gasteiger partial charge on any atom is 0.416 e. The molecule has 0 spiro atoms. The van der Waals surface area contributed by atoms with Crippen molar-refractivity contribution in [3.63, 3.8) is 0 Å². The first-order valence-corrected chi connectivity index (χ1v) is 9.06. The van der Waals surface area contributed by atoms with Gasteiger partial charge in [0.1, 0.15) is 0 Å². The number of hydrogen-bond acceptors (Lipinski definition) is 3. The third kappa shape index (κ3) is 9.12. The van der Waals surface area contributed by atoms with Crippen LogP contribution in [0.25, 0.3) is 0 Å². The average molecular weight is 361 g/mol. The van der Waals surface area contributed by atoms with Crippen molar-refractivity contribution in [2.45, 2.75) is 45.7 Å². The molecule has 0 bridgehead atoms.